The summed E-state index contributed by atoms with van der Waals surface area (Å²) in [6, 6.07) is 5.48. The van der Waals surface area contributed by atoms with Crippen LogP contribution in [0.1, 0.15) is 61.3 Å². The second-order valence-corrected chi connectivity index (χ2v) is 10.5. The molecule has 1 aliphatic carbocycles. The maximum Gasteiger partial charge on any atom is 0.328 e. The van der Waals surface area contributed by atoms with Gasteiger partial charge in [0.2, 0.25) is 0 Å². The van der Waals surface area contributed by atoms with Gasteiger partial charge in [-0.15, -0.1) is 0 Å². The van der Waals surface area contributed by atoms with Crippen molar-refractivity contribution in [3.05, 3.63) is 103 Å². The van der Waals surface area contributed by atoms with Gasteiger partial charge < -0.3 is 9.72 Å². The number of hydrogen-bond donors (Lipinski definition) is 1. The lowest BCUT2D eigenvalue weighted by molar-refractivity contribution is 0.0368. The molecule has 1 aromatic carbocycles. The van der Waals surface area contributed by atoms with E-state index in [1.807, 2.05) is 24.3 Å². The summed E-state index contributed by atoms with van der Waals surface area (Å²) in [6.07, 6.45) is 13.6. The zero-order chi connectivity index (χ0) is 27.3. The molecule has 6 nitrogen and oxygen atoms in total. The van der Waals surface area contributed by atoms with E-state index in [1.165, 1.54) is 11.0 Å². The molecule has 0 bridgehead atoms. The molecule has 1 N–H and O–H groups in total. The van der Waals surface area contributed by atoms with Crippen LogP contribution in [0.4, 0.5) is 0 Å². The van der Waals surface area contributed by atoms with Gasteiger partial charge >= 0.3 is 5.69 Å². The van der Waals surface area contributed by atoms with Crippen LogP contribution in [0, 0.1) is 0 Å². The van der Waals surface area contributed by atoms with Crippen molar-refractivity contribution in [1.82, 2.24) is 14.5 Å². The van der Waals surface area contributed by atoms with E-state index in [4.69, 9.17) is 27.9 Å². The minimum atomic E-state index is -0.307. The molecule has 8 heteroatoms. The highest BCUT2D eigenvalue weighted by molar-refractivity contribution is 6.42. The van der Waals surface area contributed by atoms with Crippen LogP contribution in [0.2, 0.25) is 10.0 Å². The summed E-state index contributed by atoms with van der Waals surface area (Å²) >= 11 is 12.7. The minimum Gasteiger partial charge on any atom is -0.379 e. The fourth-order valence-electron chi connectivity index (χ4n) is 5.05. The third kappa shape index (κ3) is 8.57. The Morgan fingerprint density at radius 3 is 2.34 bits per heavy atom. The van der Waals surface area contributed by atoms with E-state index in [0.717, 1.165) is 76.2 Å². The zero-order valence-electron chi connectivity index (χ0n) is 22.1. The highest BCUT2D eigenvalue weighted by atomic mass is 35.5. The molecule has 2 fully saturated rings. The number of nitrogens with zero attached hydrogens (tertiary/aromatic N) is 2. The summed E-state index contributed by atoms with van der Waals surface area (Å²) in [6.45, 7) is 11.4. The summed E-state index contributed by atoms with van der Waals surface area (Å²) in [4.78, 5) is 31.9. The Kier molecular flexibility index (Phi) is 12.6. The third-order valence-electron chi connectivity index (χ3n) is 7.07. The number of hydrogen-bond acceptors (Lipinski definition) is 4. The van der Waals surface area contributed by atoms with Gasteiger partial charge in [-0.3, -0.25) is 14.3 Å². The Morgan fingerprint density at radius 2 is 1.68 bits per heavy atom. The number of morpholine rings is 1. The van der Waals surface area contributed by atoms with Crippen LogP contribution < -0.4 is 11.2 Å². The van der Waals surface area contributed by atoms with Gasteiger partial charge in [0.1, 0.15) is 0 Å². The molecule has 1 saturated carbocycles. The van der Waals surface area contributed by atoms with Crippen molar-refractivity contribution in [2.24, 2.45) is 0 Å². The number of aromatic amines is 1. The normalized spacial score (nSPS) is 16.7. The Labute approximate surface area is 235 Å². The highest BCUT2D eigenvalue weighted by Gasteiger charge is 2.24. The van der Waals surface area contributed by atoms with E-state index in [1.54, 1.807) is 18.2 Å². The number of rotatable bonds is 9. The summed E-state index contributed by atoms with van der Waals surface area (Å²) in [7, 11) is 0. The van der Waals surface area contributed by atoms with E-state index in [2.05, 4.69) is 23.0 Å². The molecule has 0 unspecified atom stereocenters. The molecule has 1 aromatic heterocycles. The first-order chi connectivity index (χ1) is 18.5. The fraction of sp³-hybridized carbons (Fsp3) is 0.467. The Balaban J connectivity index is 0.000000599. The summed E-state index contributed by atoms with van der Waals surface area (Å²) in [5, 5.41) is 0.937. The monoisotopic (exact) mass is 559 g/mol. The van der Waals surface area contributed by atoms with Crippen LogP contribution in [0.15, 0.2) is 65.3 Å². The largest absolute Gasteiger partial charge is 0.379 e. The van der Waals surface area contributed by atoms with Gasteiger partial charge in [-0.05, 0) is 36.8 Å². The number of ether oxygens (including phenoxy) is 1. The molecule has 206 valence electrons. The van der Waals surface area contributed by atoms with E-state index in [-0.39, 0.29) is 17.2 Å². The molecule has 38 heavy (non-hydrogen) atoms. The van der Waals surface area contributed by atoms with Crippen molar-refractivity contribution in [2.75, 3.05) is 32.8 Å². The van der Waals surface area contributed by atoms with E-state index in [0.29, 0.717) is 28.6 Å². The lowest BCUT2D eigenvalue weighted by atomic mass is 9.84. The van der Waals surface area contributed by atoms with Gasteiger partial charge in [-0.1, -0.05) is 92.1 Å². The summed E-state index contributed by atoms with van der Waals surface area (Å²) in [5.41, 5.74) is 1.73. The molecule has 1 aliphatic heterocycles. The number of allylic oxidation sites excluding steroid dienone is 4. The first-order valence-corrected chi connectivity index (χ1v) is 14.2. The second kappa shape index (κ2) is 15.9. The SMILES string of the molecule is C=C/C=C\C=C.O=c1[nH]c(C2CCCCC2)c(Cc2cccc(Cl)c2Cl)c(=O)n1CCCN1CCOCC1. The average Bonchev–Trinajstić information content (AvgIpc) is 2.94. The lowest BCUT2D eigenvalue weighted by Crippen LogP contribution is -2.41. The highest BCUT2D eigenvalue weighted by Crippen LogP contribution is 2.34. The van der Waals surface area contributed by atoms with Gasteiger partial charge in [-0.2, -0.15) is 0 Å². The van der Waals surface area contributed by atoms with Crippen LogP contribution in [0.5, 0.6) is 0 Å². The van der Waals surface area contributed by atoms with Gasteiger partial charge in [0.05, 0.1) is 23.3 Å². The van der Waals surface area contributed by atoms with Crippen molar-refractivity contribution in [3.63, 3.8) is 0 Å². The predicted molar refractivity (Wildman–Crippen MR) is 158 cm³/mol. The molecular weight excluding hydrogens is 521 g/mol. The van der Waals surface area contributed by atoms with Crippen molar-refractivity contribution in [2.45, 2.75) is 57.4 Å². The van der Waals surface area contributed by atoms with Crippen molar-refractivity contribution in [1.29, 1.82) is 0 Å². The molecule has 0 radical (unpaired) electrons. The van der Waals surface area contributed by atoms with Crippen LogP contribution >= 0.6 is 23.2 Å². The lowest BCUT2D eigenvalue weighted by Gasteiger charge is -2.26. The van der Waals surface area contributed by atoms with E-state index < -0.39 is 0 Å². The van der Waals surface area contributed by atoms with Gasteiger partial charge in [-0.25, -0.2) is 4.79 Å². The fourth-order valence-corrected chi connectivity index (χ4v) is 5.44. The minimum absolute atomic E-state index is 0.202. The smallest absolute Gasteiger partial charge is 0.328 e. The van der Waals surface area contributed by atoms with Gasteiger partial charge in [0, 0.05) is 43.9 Å². The maximum atomic E-state index is 13.6. The Hall–Kier alpha value is -2.38. The van der Waals surface area contributed by atoms with Crippen molar-refractivity contribution >= 4 is 23.2 Å². The summed E-state index contributed by atoms with van der Waals surface area (Å²) in [5.74, 6) is 0.208. The molecule has 2 aliphatic rings. The third-order valence-corrected chi connectivity index (χ3v) is 7.93. The van der Waals surface area contributed by atoms with Crippen LogP contribution in [0.25, 0.3) is 0 Å². The predicted octanol–water partition coefficient (Wildman–Crippen LogP) is 6.12. The maximum absolute atomic E-state index is 13.6. The number of halogens is 2. The number of benzene rings is 1. The van der Waals surface area contributed by atoms with Gasteiger partial charge in [0.15, 0.2) is 0 Å². The second-order valence-electron chi connectivity index (χ2n) is 9.67. The number of aromatic nitrogens is 2. The zero-order valence-corrected chi connectivity index (χ0v) is 23.6. The van der Waals surface area contributed by atoms with Crippen molar-refractivity contribution in [3.8, 4) is 0 Å². The Bertz CT molecular complexity index is 1200. The number of H-pyrrole nitrogens is 1. The quantitative estimate of drug-likeness (QED) is 0.376. The van der Waals surface area contributed by atoms with Crippen LogP contribution in [-0.2, 0) is 17.7 Å². The average molecular weight is 561 g/mol. The van der Waals surface area contributed by atoms with Crippen LogP contribution in [-0.4, -0.2) is 47.3 Å². The van der Waals surface area contributed by atoms with E-state index in [9.17, 15) is 9.59 Å². The molecule has 4 rings (SSSR count). The Morgan fingerprint density at radius 1 is 1.00 bits per heavy atom. The topological polar surface area (TPSA) is 67.3 Å². The molecule has 0 amide bonds. The molecular formula is C30H39Cl2N3O3. The first kappa shape index (κ1) is 30.2. The standard InChI is InChI=1S/C24H31Cl2N3O3.C6H8/c25-20-9-4-8-18(21(20)26)16-19-22(17-6-2-1-3-7-17)27-24(31)29(23(19)30)11-5-10-28-12-14-32-15-13-28;1-3-5-6-4-2/h4,8-9,17H,1-3,5-7,10-16H2,(H,27,31);3-6H,1-2H2/b;6-5-. The molecule has 0 spiro atoms. The van der Waals surface area contributed by atoms with E-state index >= 15 is 0 Å². The van der Waals surface area contributed by atoms with Crippen LogP contribution in [0.3, 0.4) is 0 Å². The number of nitrogens with one attached hydrogen (secondary N) is 1. The molecule has 2 heterocycles. The van der Waals surface area contributed by atoms with Crippen molar-refractivity contribution < 1.29 is 4.74 Å². The molecule has 1 saturated heterocycles. The molecule has 0 atom stereocenters. The first-order valence-electron chi connectivity index (χ1n) is 13.4. The van der Waals surface area contributed by atoms with Gasteiger partial charge in [0.25, 0.3) is 5.56 Å². The molecule has 2 aromatic rings. The summed E-state index contributed by atoms with van der Waals surface area (Å²) < 4.78 is 6.75.